The predicted octanol–water partition coefficient (Wildman–Crippen LogP) is 8.12. The Hall–Kier alpha value is -4.35. The molecule has 0 aliphatic carbocycles. The first-order valence-corrected chi connectivity index (χ1v) is 13.4. The van der Waals surface area contributed by atoms with Crippen LogP contribution in [-0.4, -0.2) is 15.6 Å². The Kier molecular flexibility index (Phi) is 6.44. The molecule has 0 atom stereocenters. The number of aromatic nitrogens is 1. The van der Waals surface area contributed by atoms with E-state index in [1.54, 1.807) is 4.90 Å². The van der Waals surface area contributed by atoms with Crippen molar-refractivity contribution in [3.05, 3.63) is 136 Å². The van der Waals surface area contributed by atoms with Crippen LogP contribution in [0.15, 0.2) is 119 Å². The lowest BCUT2D eigenvalue weighted by atomic mass is 10.1. The van der Waals surface area contributed by atoms with E-state index in [0.29, 0.717) is 10.1 Å². The first kappa shape index (κ1) is 24.0. The highest BCUT2D eigenvalue weighted by molar-refractivity contribution is 8.19. The summed E-state index contributed by atoms with van der Waals surface area (Å²) in [5.41, 5.74) is 7.35. The number of thioether (sulfide) groups is 1. The van der Waals surface area contributed by atoms with Crippen molar-refractivity contribution in [1.29, 1.82) is 0 Å². The first-order chi connectivity index (χ1) is 18.5. The molecule has 5 heteroatoms. The van der Waals surface area contributed by atoms with Gasteiger partial charge in [0.25, 0.3) is 5.91 Å². The van der Waals surface area contributed by atoms with Crippen LogP contribution in [0, 0.1) is 13.8 Å². The number of para-hydroxylation sites is 1. The third-order valence-corrected chi connectivity index (χ3v) is 7.63. The van der Waals surface area contributed by atoms with Gasteiger partial charge < -0.3 is 4.57 Å². The van der Waals surface area contributed by atoms with Crippen molar-refractivity contribution >= 4 is 51.2 Å². The van der Waals surface area contributed by atoms with Gasteiger partial charge in [-0.25, -0.2) is 4.99 Å². The van der Waals surface area contributed by atoms with E-state index in [4.69, 9.17) is 4.99 Å². The Labute approximate surface area is 227 Å². The van der Waals surface area contributed by atoms with Gasteiger partial charge in [0.1, 0.15) is 0 Å². The number of hydrogen-bond acceptors (Lipinski definition) is 3. The highest BCUT2D eigenvalue weighted by atomic mass is 32.2. The van der Waals surface area contributed by atoms with Crippen LogP contribution in [0.1, 0.15) is 22.3 Å². The fourth-order valence-corrected chi connectivity index (χ4v) is 5.63. The second kappa shape index (κ2) is 10.2. The molecule has 4 aromatic carbocycles. The maximum atomic E-state index is 13.8. The summed E-state index contributed by atoms with van der Waals surface area (Å²) >= 11 is 1.42. The molecular formula is C33H27N3OS. The molecule has 186 valence electrons. The van der Waals surface area contributed by atoms with Crippen LogP contribution in [0.25, 0.3) is 17.0 Å². The number of benzene rings is 4. The second-order valence-electron chi connectivity index (χ2n) is 9.53. The molecule has 1 fully saturated rings. The van der Waals surface area contributed by atoms with Gasteiger partial charge in [0.15, 0.2) is 5.17 Å². The molecule has 0 N–H and O–H groups in total. The van der Waals surface area contributed by atoms with Crippen molar-refractivity contribution in [2.75, 3.05) is 4.90 Å². The summed E-state index contributed by atoms with van der Waals surface area (Å²) in [4.78, 5) is 21.1. The standard InChI is InChI=1S/C33H27N3OS/c1-23-12-16-27(17-13-23)34-33-36(28-18-14-24(2)15-19-28)32(37)31(38-33)20-26-22-35(21-25-8-4-3-5-9-25)30-11-7-6-10-29(26)30/h3-20,22H,21H2,1-2H3/b31-20+,34-33?. The molecular weight excluding hydrogens is 486 g/mol. The monoisotopic (exact) mass is 513 g/mol. The van der Waals surface area contributed by atoms with Gasteiger partial charge in [-0.2, -0.15) is 0 Å². The van der Waals surface area contributed by atoms with E-state index in [1.807, 2.05) is 73.7 Å². The van der Waals surface area contributed by atoms with E-state index in [0.717, 1.165) is 39.9 Å². The molecule has 0 saturated carbocycles. The zero-order chi connectivity index (χ0) is 26.1. The van der Waals surface area contributed by atoms with Crippen molar-refractivity contribution < 1.29 is 4.79 Å². The Balaban J connectivity index is 1.42. The fraction of sp³-hybridized carbons (Fsp3) is 0.0909. The minimum absolute atomic E-state index is 0.0652. The number of carbonyl (C=O) groups is 1. The number of carbonyl (C=O) groups excluding carboxylic acids is 1. The van der Waals surface area contributed by atoms with E-state index in [2.05, 4.69) is 60.2 Å². The molecule has 0 unspecified atom stereocenters. The molecule has 1 aliphatic rings. The topological polar surface area (TPSA) is 37.6 Å². The number of hydrogen-bond donors (Lipinski definition) is 0. The molecule has 1 amide bonds. The van der Waals surface area contributed by atoms with Crippen molar-refractivity contribution in [2.24, 2.45) is 4.99 Å². The van der Waals surface area contributed by atoms with Gasteiger partial charge in [0.2, 0.25) is 0 Å². The number of aliphatic imine (C=N–C) groups is 1. The maximum Gasteiger partial charge on any atom is 0.271 e. The van der Waals surface area contributed by atoms with Crippen LogP contribution in [0.4, 0.5) is 11.4 Å². The fourth-order valence-electron chi connectivity index (χ4n) is 4.64. The Morgan fingerprint density at radius 1 is 0.789 bits per heavy atom. The molecule has 6 rings (SSSR count). The van der Waals surface area contributed by atoms with E-state index >= 15 is 0 Å². The summed E-state index contributed by atoms with van der Waals surface area (Å²) in [6, 6.07) is 34.8. The SMILES string of the molecule is Cc1ccc(N=C2S/C(=C/c3cn(Cc4ccccc4)c4ccccc34)C(=O)N2c2ccc(C)cc2)cc1. The summed E-state index contributed by atoms with van der Waals surface area (Å²) in [7, 11) is 0. The van der Waals surface area contributed by atoms with Crippen LogP contribution in [-0.2, 0) is 11.3 Å². The lowest BCUT2D eigenvalue weighted by Crippen LogP contribution is -2.28. The normalized spacial score (nSPS) is 15.7. The van der Waals surface area contributed by atoms with Crippen molar-refractivity contribution in [1.82, 2.24) is 4.57 Å². The minimum Gasteiger partial charge on any atom is -0.342 e. The molecule has 38 heavy (non-hydrogen) atoms. The number of anilines is 1. The van der Waals surface area contributed by atoms with Crippen LogP contribution in [0.2, 0.25) is 0 Å². The minimum atomic E-state index is -0.0652. The average Bonchev–Trinajstić information content (AvgIpc) is 3.43. The molecule has 0 radical (unpaired) electrons. The van der Waals surface area contributed by atoms with Crippen molar-refractivity contribution in [2.45, 2.75) is 20.4 Å². The summed E-state index contributed by atoms with van der Waals surface area (Å²) < 4.78 is 2.25. The number of amides is 1. The number of nitrogens with zero attached hydrogens (tertiary/aromatic N) is 3. The molecule has 5 aromatic rings. The molecule has 4 nitrogen and oxygen atoms in total. The van der Waals surface area contributed by atoms with Crippen LogP contribution < -0.4 is 4.90 Å². The Morgan fingerprint density at radius 3 is 2.18 bits per heavy atom. The zero-order valence-electron chi connectivity index (χ0n) is 21.3. The Bertz CT molecular complexity index is 1680. The number of amidine groups is 1. The molecule has 1 aromatic heterocycles. The summed E-state index contributed by atoms with van der Waals surface area (Å²) in [5, 5.41) is 1.78. The highest BCUT2D eigenvalue weighted by Crippen LogP contribution is 2.38. The van der Waals surface area contributed by atoms with E-state index in [9.17, 15) is 4.79 Å². The maximum absolute atomic E-state index is 13.8. The molecule has 1 saturated heterocycles. The number of rotatable bonds is 5. The van der Waals surface area contributed by atoms with Gasteiger partial charge in [-0.1, -0.05) is 83.9 Å². The third-order valence-electron chi connectivity index (χ3n) is 6.66. The van der Waals surface area contributed by atoms with Gasteiger partial charge in [-0.3, -0.25) is 9.69 Å². The van der Waals surface area contributed by atoms with Gasteiger partial charge in [0.05, 0.1) is 16.3 Å². The largest absolute Gasteiger partial charge is 0.342 e. The van der Waals surface area contributed by atoms with E-state index < -0.39 is 0 Å². The molecule has 0 bridgehead atoms. The first-order valence-electron chi connectivity index (χ1n) is 12.6. The van der Waals surface area contributed by atoms with Gasteiger partial charge >= 0.3 is 0 Å². The van der Waals surface area contributed by atoms with E-state index in [1.165, 1.54) is 22.9 Å². The summed E-state index contributed by atoms with van der Waals surface area (Å²) in [5.74, 6) is -0.0652. The van der Waals surface area contributed by atoms with Crippen molar-refractivity contribution in [3.63, 3.8) is 0 Å². The third kappa shape index (κ3) is 4.81. The lowest BCUT2D eigenvalue weighted by molar-refractivity contribution is -0.113. The van der Waals surface area contributed by atoms with Crippen molar-refractivity contribution in [3.8, 4) is 0 Å². The van der Waals surface area contributed by atoms with Crippen LogP contribution in [0.5, 0.6) is 0 Å². The lowest BCUT2D eigenvalue weighted by Gasteiger charge is -2.16. The van der Waals surface area contributed by atoms with Gasteiger partial charge in [-0.15, -0.1) is 0 Å². The van der Waals surface area contributed by atoms with Gasteiger partial charge in [0, 0.05) is 29.2 Å². The second-order valence-corrected chi connectivity index (χ2v) is 10.5. The predicted molar refractivity (Wildman–Crippen MR) is 160 cm³/mol. The highest BCUT2D eigenvalue weighted by Gasteiger charge is 2.35. The summed E-state index contributed by atoms with van der Waals surface area (Å²) in [6.07, 6.45) is 4.15. The number of aryl methyl sites for hydroxylation is 2. The average molecular weight is 514 g/mol. The molecule has 0 spiro atoms. The van der Waals surface area contributed by atoms with Crippen LogP contribution in [0.3, 0.4) is 0 Å². The number of fused-ring (bicyclic) bond motifs is 1. The molecule has 2 heterocycles. The van der Waals surface area contributed by atoms with Gasteiger partial charge in [-0.05, 0) is 67.6 Å². The van der Waals surface area contributed by atoms with Crippen LogP contribution >= 0.6 is 11.8 Å². The smallest absolute Gasteiger partial charge is 0.271 e. The quantitative estimate of drug-likeness (QED) is 0.223. The Morgan fingerprint density at radius 2 is 1.45 bits per heavy atom. The summed E-state index contributed by atoms with van der Waals surface area (Å²) in [6.45, 7) is 4.86. The van der Waals surface area contributed by atoms with E-state index in [-0.39, 0.29) is 5.91 Å². The molecule has 1 aliphatic heterocycles. The zero-order valence-corrected chi connectivity index (χ0v) is 22.2.